The first-order chi connectivity index (χ1) is 8.69. The molecule has 19 heavy (non-hydrogen) atoms. The van der Waals surface area contributed by atoms with E-state index in [0.29, 0.717) is 29.5 Å². The quantitative estimate of drug-likeness (QED) is 0.862. The molecule has 1 atom stereocenters. The average Bonchev–Trinajstić information content (AvgIpc) is 2.77. The minimum atomic E-state index is -3.54. The lowest BCUT2D eigenvalue weighted by Gasteiger charge is -2.08. The highest BCUT2D eigenvalue weighted by Crippen LogP contribution is 2.51. The molecule has 0 bridgehead atoms. The van der Waals surface area contributed by atoms with Crippen molar-refractivity contribution < 1.29 is 12.8 Å². The number of nitrogens with one attached hydrogen (secondary N) is 1. The molecule has 1 unspecified atom stereocenters. The Hall–Kier alpha value is -0.850. The molecule has 0 aliphatic heterocycles. The van der Waals surface area contributed by atoms with Crippen molar-refractivity contribution in [1.29, 1.82) is 0 Å². The van der Waals surface area contributed by atoms with Gasteiger partial charge in [0.1, 0.15) is 16.4 Å². The van der Waals surface area contributed by atoms with Gasteiger partial charge < -0.3 is 10.2 Å². The highest BCUT2D eigenvalue weighted by atomic mass is 32.2. The molecule has 1 aliphatic rings. The molecule has 0 aromatic carbocycles. The van der Waals surface area contributed by atoms with Crippen LogP contribution in [0.2, 0.25) is 0 Å². The van der Waals surface area contributed by atoms with Crippen LogP contribution in [0.15, 0.2) is 9.31 Å². The average molecular weight is 286 g/mol. The molecule has 108 valence electrons. The lowest BCUT2D eigenvalue weighted by Crippen LogP contribution is -2.28. The predicted octanol–water partition coefficient (Wildman–Crippen LogP) is 1.68. The van der Waals surface area contributed by atoms with E-state index in [2.05, 4.69) is 18.6 Å². The van der Waals surface area contributed by atoms with Gasteiger partial charge in [-0.05, 0) is 31.6 Å². The first-order valence-corrected chi connectivity index (χ1v) is 7.96. The maximum absolute atomic E-state index is 12.4. The highest BCUT2D eigenvalue weighted by Gasteiger charge is 2.45. The van der Waals surface area contributed by atoms with Gasteiger partial charge in [0.05, 0.1) is 0 Å². The van der Waals surface area contributed by atoms with Gasteiger partial charge in [0.2, 0.25) is 10.0 Å². The van der Waals surface area contributed by atoms with Crippen molar-refractivity contribution in [1.82, 2.24) is 4.72 Å². The van der Waals surface area contributed by atoms with Crippen molar-refractivity contribution in [2.45, 2.75) is 45.6 Å². The van der Waals surface area contributed by atoms with E-state index in [1.807, 2.05) is 0 Å². The van der Waals surface area contributed by atoms with Gasteiger partial charge in [-0.15, -0.1) is 0 Å². The molecular weight excluding hydrogens is 264 g/mol. The minimum Gasteiger partial charge on any atom is -0.465 e. The fourth-order valence-corrected chi connectivity index (χ4v) is 4.04. The van der Waals surface area contributed by atoms with Crippen molar-refractivity contribution in [2.75, 3.05) is 6.54 Å². The molecule has 0 spiro atoms. The third-order valence-electron chi connectivity index (χ3n) is 4.04. The van der Waals surface area contributed by atoms with E-state index in [-0.39, 0.29) is 16.9 Å². The summed E-state index contributed by atoms with van der Waals surface area (Å²) in [7, 11) is -3.54. The van der Waals surface area contributed by atoms with Crippen LogP contribution in [0.5, 0.6) is 0 Å². The van der Waals surface area contributed by atoms with E-state index in [0.717, 1.165) is 6.42 Å². The summed E-state index contributed by atoms with van der Waals surface area (Å²) in [6, 6.07) is 0. The lowest BCUT2D eigenvalue weighted by atomic mass is 10.1. The molecule has 1 aromatic rings. The molecule has 6 heteroatoms. The van der Waals surface area contributed by atoms with E-state index >= 15 is 0 Å². The molecule has 1 fully saturated rings. The maximum atomic E-state index is 12.4. The second-order valence-electron chi connectivity index (χ2n) is 5.97. The standard InChI is InChI=1S/C13H22N2O3S/c1-8-11(6-14)12(9(2)18-8)19(16,17)15-7-10-5-13(10,3)4/h10,15H,5-7,14H2,1-4H3. The van der Waals surface area contributed by atoms with Gasteiger partial charge >= 0.3 is 0 Å². The molecule has 5 nitrogen and oxygen atoms in total. The van der Waals surface area contributed by atoms with Crippen LogP contribution in [-0.4, -0.2) is 15.0 Å². The van der Waals surface area contributed by atoms with Crippen LogP contribution in [0.25, 0.3) is 0 Å². The fraction of sp³-hybridized carbons (Fsp3) is 0.692. The van der Waals surface area contributed by atoms with Crippen LogP contribution in [0.4, 0.5) is 0 Å². The highest BCUT2D eigenvalue weighted by molar-refractivity contribution is 7.89. The van der Waals surface area contributed by atoms with Crippen molar-refractivity contribution >= 4 is 10.0 Å². The van der Waals surface area contributed by atoms with Gasteiger partial charge in [-0.3, -0.25) is 0 Å². The largest absolute Gasteiger partial charge is 0.465 e. The Morgan fingerprint density at radius 1 is 1.37 bits per heavy atom. The summed E-state index contributed by atoms with van der Waals surface area (Å²) in [5, 5.41) is 0. The number of aryl methyl sites for hydroxylation is 2. The first-order valence-electron chi connectivity index (χ1n) is 6.47. The second kappa shape index (κ2) is 4.61. The Morgan fingerprint density at radius 3 is 2.42 bits per heavy atom. The van der Waals surface area contributed by atoms with Gasteiger partial charge in [-0.1, -0.05) is 13.8 Å². The summed E-state index contributed by atoms with van der Waals surface area (Å²) in [6.07, 6.45) is 1.06. The van der Waals surface area contributed by atoms with E-state index < -0.39 is 10.0 Å². The fourth-order valence-electron chi connectivity index (χ4n) is 2.50. The summed E-state index contributed by atoms with van der Waals surface area (Å²) in [4.78, 5) is 0.214. The van der Waals surface area contributed by atoms with Gasteiger partial charge in [0.25, 0.3) is 0 Å². The van der Waals surface area contributed by atoms with E-state index in [1.54, 1.807) is 13.8 Å². The van der Waals surface area contributed by atoms with Gasteiger partial charge in [-0.2, -0.15) is 0 Å². The SMILES string of the molecule is Cc1oc(C)c(S(=O)(=O)NCC2CC2(C)C)c1CN. The molecular formula is C13H22N2O3S. The van der Waals surface area contributed by atoms with Crippen LogP contribution < -0.4 is 10.5 Å². The maximum Gasteiger partial charge on any atom is 0.244 e. The number of nitrogens with two attached hydrogens (primary N) is 1. The van der Waals surface area contributed by atoms with Crippen LogP contribution >= 0.6 is 0 Å². The zero-order valence-electron chi connectivity index (χ0n) is 11.9. The third kappa shape index (κ3) is 2.70. The zero-order valence-corrected chi connectivity index (χ0v) is 12.7. The monoisotopic (exact) mass is 286 g/mol. The van der Waals surface area contributed by atoms with Crippen molar-refractivity contribution in [3.8, 4) is 0 Å². The predicted molar refractivity (Wildman–Crippen MR) is 73.1 cm³/mol. The summed E-state index contributed by atoms with van der Waals surface area (Å²) in [5.74, 6) is 1.39. The summed E-state index contributed by atoms with van der Waals surface area (Å²) in [6.45, 7) is 8.31. The third-order valence-corrected chi connectivity index (χ3v) is 5.65. The van der Waals surface area contributed by atoms with E-state index in [9.17, 15) is 8.42 Å². The summed E-state index contributed by atoms with van der Waals surface area (Å²) >= 11 is 0. The number of hydrogen-bond donors (Lipinski definition) is 2. The molecule has 0 saturated heterocycles. The Kier molecular flexibility index (Phi) is 3.53. The van der Waals surface area contributed by atoms with Crippen LogP contribution in [0.1, 0.15) is 37.4 Å². The molecule has 1 aliphatic carbocycles. The second-order valence-corrected chi connectivity index (χ2v) is 7.67. The molecule has 2 rings (SSSR count). The van der Waals surface area contributed by atoms with Crippen LogP contribution in [-0.2, 0) is 16.6 Å². The zero-order chi connectivity index (χ0) is 14.4. The molecule has 0 radical (unpaired) electrons. The molecule has 0 amide bonds. The molecule has 3 N–H and O–H groups in total. The molecule has 1 aromatic heterocycles. The Bertz CT molecular complexity index is 587. The summed E-state index contributed by atoms with van der Waals surface area (Å²) < 4.78 is 32.8. The lowest BCUT2D eigenvalue weighted by molar-refractivity contribution is 0.493. The number of rotatable bonds is 5. The Balaban J connectivity index is 2.20. The van der Waals surface area contributed by atoms with Crippen molar-refractivity contribution in [3.63, 3.8) is 0 Å². The van der Waals surface area contributed by atoms with E-state index in [1.165, 1.54) is 0 Å². The molecule has 1 heterocycles. The van der Waals surface area contributed by atoms with Gasteiger partial charge in [-0.25, -0.2) is 13.1 Å². The summed E-state index contributed by atoms with van der Waals surface area (Å²) in [5.41, 5.74) is 6.44. The number of hydrogen-bond acceptors (Lipinski definition) is 4. The number of sulfonamides is 1. The smallest absolute Gasteiger partial charge is 0.244 e. The minimum absolute atomic E-state index is 0.161. The van der Waals surface area contributed by atoms with Crippen molar-refractivity contribution in [3.05, 3.63) is 17.1 Å². The first kappa shape index (κ1) is 14.6. The Morgan fingerprint density at radius 2 is 1.95 bits per heavy atom. The molecule has 1 saturated carbocycles. The Labute approximate surface area is 114 Å². The topological polar surface area (TPSA) is 85.3 Å². The van der Waals surface area contributed by atoms with Crippen LogP contribution in [0.3, 0.4) is 0 Å². The van der Waals surface area contributed by atoms with Gasteiger partial charge in [0.15, 0.2) is 0 Å². The van der Waals surface area contributed by atoms with Crippen molar-refractivity contribution in [2.24, 2.45) is 17.1 Å². The van der Waals surface area contributed by atoms with Crippen LogP contribution in [0, 0.1) is 25.2 Å². The normalized spacial score (nSPS) is 21.6. The number of furan rings is 1. The van der Waals surface area contributed by atoms with E-state index in [4.69, 9.17) is 10.2 Å². The van der Waals surface area contributed by atoms with Gasteiger partial charge in [0, 0.05) is 18.7 Å².